The topological polar surface area (TPSA) is 42.5 Å². The van der Waals surface area contributed by atoms with E-state index in [0.29, 0.717) is 22.7 Å². The van der Waals surface area contributed by atoms with Gasteiger partial charge in [0.1, 0.15) is 5.69 Å². The van der Waals surface area contributed by atoms with E-state index in [0.717, 1.165) is 29.0 Å². The molecule has 0 aliphatic heterocycles. The minimum atomic E-state index is -4.40. The fourth-order valence-corrected chi connectivity index (χ4v) is 3.59. The van der Waals surface area contributed by atoms with Gasteiger partial charge in [-0.05, 0) is 12.1 Å². The van der Waals surface area contributed by atoms with Crippen LogP contribution >= 0.6 is 0 Å². The van der Waals surface area contributed by atoms with E-state index in [4.69, 9.17) is 4.99 Å². The van der Waals surface area contributed by atoms with Crippen LogP contribution in [0.3, 0.4) is 0 Å². The molecule has 2 aromatic heterocycles. The number of rotatable bonds is 4. The summed E-state index contributed by atoms with van der Waals surface area (Å²) in [7, 11) is 0. The molecular weight excluding hydrogens is 425 g/mol. The van der Waals surface area contributed by atoms with Crippen molar-refractivity contribution in [2.24, 2.45) is 4.99 Å². The van der Waals surface area contributed by atoms with Gasteiger partial charge in [0.2, 0.25) is 0 Å². The van der Waals surface area contributed by atoms with Crippen molar-refractivity contribution in [2.45, 2.75) is 6.18 Å². The maximum atomic E-state index is 13.0. The van der Waals surface area contributed by atoms with Gasteiger partial charge in [0.25, 0.3) is 0 Å². The second kappa shape index (κ2) is 8.35. The molecule has 0 fully saturated rings. The lowest BCUT2D eigenvalue weighted by atomic mass is 10.0. The average Bonchev–Trinajstić information content (AvgIpc) is 3.31. The quantitative estimate of drug-likeness (QED) is 0.295. The first-order chi connectivity index (χ1) is 16.0. The number of nitrogens with zero attached hydrogens (tertiary/aromatic N) is 4. The van der Waals surface area contributed by atoms with E-state index in [1.165, 1.54) is 12.1 Å². The van der Waals surface area contributed by atoms with E-state index < -0.39 is 11.7 Å². The molecule has 0 unspecified atom stereocenters. The Kier molecular flexibility index (Phi) is 5.22. The summed E-state index contributed by atoms with van der Waals surface area (Å²) in [5.41, 5.74) is 3.39. The Morgan fingerprint density at radius 1 is 0.788 bits per heavy atom. The molecule has 0 radical (unpaired) electrons. The Bertz CT molecular complexity index is 1380. The molecule has 162 valence electrons. The van der Waals surface area contributed by atoms with Crippen LogP contribution in [0.1, 0.15) is 16.7 Å². The van der Waals surface area contributed by atoms with Gasteiger partial charge >= 0.3 is 6.18 Å². The van der Waals surface area contributed by atoms with Crippen LogP contribution < -0.4 is 0 Å². The summed E-state index contributed by atoms with van der Waals surface area (Å²) in [5.74, 6) is 0.415. The molecule has 0 atom stereocenters. The molecule has 5 aromatic rings. The number of aromatic nitrogens is 3. The van der Waals surface area contributed by atoms with Gasteiger partial charge in [-0.3, -0.25) is 0 Å². The third-order valence-electron chi connectivity index (χ3n) is 5.17. The highest BCUT2D eigenvalue weighted by molar-refractivity contribution is 6.13. The number of halogens is 3. The summed E-state index contributed by atoms with van der Waals surface area (Å²) in [5, 5.41) is 0. The summed E-state index contributed by atoms with van der Waals surface area (Å²) in [4.78, 5) is 13.9. The predicted molar refractivity (Wildman–Crippen MR) is 122 cm³/mol. The molecule has 0 saturated carbocycles. The molecule has 33 heavy (non-hydrogen) atoms. The molecule has 7 heteroatoms. The fourth-order valence-electron chi connectivity index (χ4n) is 3.59. The highest BCUT2D eigenvalue weighted by atomic mass is 19.4. The second-order valence-corrected chi connectivity index (χ2v) is 7.37. The van der Waals surface area contributed by atoms with Crippen LogP contribution in [0.4, 0.5) is 19.0 Å². The molecule has 0 spiro atoms. The van der Waals surface area contributed by atoms with Crippen molar-refractivity contribution < 1.29 is 13.2 Å². The molecule has 0 amide bonds. The van der Waals surface area contributed by atoms with Crippen LogP contribution in [0.25, 0.3) is 16.9 Å². The molecule has 0 saturated heterocycles. The summed E-state index contributed by atoms with van der Waals surface area (Å²) in [6, 6.07) is 24.4. The van der Waals surface area contributed by atoms with Crippen LogP contribution in [0.5, 0.6) is 0 Å². The molecule has 0 N–H and O–H groups in total. The zero-order valence-corrected chi connectivity index (χ0v) is 17.2. The third-order valence-corrected chi connectivity index (χ3v) is 5.17. The number of alkyl halides is 3. The zero-order chi connectivity index (χ0) is 22.8. The second-order valence-electron chi connectivity index (χ2n) is 7.37. The lowest BCUT2D eigenvalue weighted by Crippen LogP contribution is -2.04. The molecule has 2 heterocycles. The van der Waals surface area contributed by atoms with Crippen molar-refractivity contribution in [3.05, 3.63) is 120 Å². The highest BCUT2D eigenvalue weighted by Gasteiger charge is 2.30. The largest absolute Gasteiger partial charge is 0.416 e. The monoisotopic (exact) mass is 442 g/mol. The molecule has 0 aliphatic carbocycles. The predicted octanol–water partition coefficient (Wildman–Crippen LogP) is 6.58. The summed E-state index contributed by atoms with van der Waals surface area (Å²) in [6.45, 7) is 0. The SMILES string of the molecule is FC(F)(F)c1ccc(-c2nc(N=C(c3ccccc3)c3ccccc3)cn3ccnc23)cc1. The van der Waals surface area contributed by atoms with E-state index in [1.54, 1.807) is 23.0 Å². The van der Waals surface area contributed by atoms with Gasteiger partial charge < -0.3 is 4.40 Å². The number of aliphatic imine (C=N–C) groups is 1. The Hall–Kier alpha value is -4.26. The van der Waals surface area contributed by atoms with Crippen LogP contribution in [0, 0.1) is 0 Å². The smallest absolute Gasteiger partial charge is 0.301 e. The van der Waals surface area contributed by atoms with Crippen molar-refractivity contribution in [1.82, 2.24) is 14.4 Å². The standard InChI is InChI=1S/C26H17F3N4/c27-26(28,29)21-13-11-20(12-14-21)24-25-30-15-16-33(25)17-22(32-24)31-23(18-7-3-1-4-8-18)19-9-5-2-6-10-19/h1-17H. The number of hydrogen-bond donors (Lipinski definition) is 0. The van der Waals surface area contributed by atoms with Crippen molar-refractivity contribution >= 4 is 17.2 Å². The molecule has 3 aromatic carbocycles. The van der Waals surface area contributed by atoms with Crippen molar-refractivity contribution in [3.8, 4) is 11.3 Å². The maximum absolute atomic E-state index is 13.0. The first-order valence-electron chi connectivity index (χ1n) is 10.2. The fraction of sp³-hybridized carbons (Fsp3) is 0.0385. The summed E-state index contributed by atoms with van der Waals surface area (Å²) < 4.78 is 40.8. The van der Waals surface area contributed by atoms with E-state index >= 15 is 0 Å². The minimum Gasteiger partial charge on any atom is -0.301 e. The lowest BCUT2D eigenvalue weighted by molar-refractivity contribution is -0.137. The minimum absolute atomic E-state index is 0.415. The van der Waals surface area contributed by atoms with Crippen LogP contribution in [-0.2, 0) is 6.18 Å². The zero-order valence-electron chi connectivity index (χ0n) is 17.2. The highest BCUT2D eigenvalue weighted by Crippen LogP contribution is 2.32. The van der Waals surface area contributed by atoms with Gasteiger partial charge in [0.05, 0.1) is 17.5 Å². The average molecular weight is 442 g/mol. The summed E-state index contributed by atoms with van der Waals surface area (Å²) in [6.07, 6.45) is 0.727. The van der Waals surface area contributed by atoms with Crippen LogP contribution in [0.2, 0.25) is 0 Å². The third kappa shape index (κ3) is 4.25. The van der Waals surface area contributed by atoms with Crippen molar-refractivity contribution in [3.63, 3.8) is 0 Å². The van der Waals surface area contributed by atoms with Crippen LogP contribution in [-0.4, -0.2) is 20.1 Å². The van der Waals surface area contributed by atoms with E-state index in [9.17, 15) is 13.2 Å². The number of fused-ring (bicyclic) bond motifs is 1. The Morgan fingerprint density at radius 3 is 1.97 bits per heavy atom. The lowest BCUT2D eigenvalue weighted by Gasteiger charge is -2.10. The molecular formula is C26H17F3N4. The molecule has 5 rings (SSSR count). The first kappa shape index (κ1) is 20.6. The number of hydrogen-bond acceptors (Lipinski definition) is 3. The van der Waals surface area contributed by atoms with Gasteiger partial charge in [-0.25, -0.2) is 15.0 Å². The number of benzene rings is 3. The molecule has 0 aliphatic rings. The molecule has 4 nitrogen and oxygen atoms in total. The Labute approximate surface area is 187 Å². The van der Waals surface area contributed by atoms with E-state index in [-0.39, 0.29) is 0 Å². The number of imidazole rings is 1. The van der Waals surface area contributed by atoms with Gasteiger partial charge in [0.15, 0.2) is 11.5 Å². The van der Waals surface area contributed by atoms with Crippen molar-refractivity contribution in [2.75, 3.05) is 0 Å². The summed E-state index contributed by atoms with van der Waals surface area (Å²) >= 11 is 0. The van der Waals surface area contributed by atoms with E-state index in [2.05, 4.69) is 9.97 Å². The van der Waals surface area contributed by atoms with Gasteiger partial charge in [-0.1, -0.05) is 72.8 Å². The molecule has 0 bridgehead atoms. The normalized spacial score (nSPS) is 11.5. The Balaban J connectivity index is 1.66. The maximum Gasteiger partial charge on any atom is 0.416 e. The van der Waals surface area contributed by atoms with Gasteiger partial charge in [-0.2, -0.15) is 13.2 Å². The van der Waals surface area contributed by atoms with Gasteiger partial charge in [0, 0.05) is 29.1 Å². The van der Waals surface area contributed by atoms with Gasteiger partial charge in [-0.15, -0.1) is 0 Å². The van der Waals surface area contributed by atoms with Crippen LogP contribution in [0.15, 0.2) is 109 Å². The Morgan fingerprint density at radius 2 is 1.39 bits per heavy atom. The van der Waals surface area contributed by atoms with E-state index in [1.807, 2.05) is 60.7 Å². The first-order valence-corrected chi connectivity index (χ1v) is 10.2. The van der Waals surface area contributed by atoms with Crippen molar-refractivity contribution in [1.29, 1.82) is 0 Å².